The first kappa shape index (κ1) is 22.5. The average molecular weight is 521 g/mol. The lowest BCUT2D eigenvalue weighted by atomic mass is 10.0. The first-order valence-electron chi connectivity index (χ1n) is 10.5. The van der Waals surface area contributed by atoms with Crippen molar-refractivity contribution in [3.05, 3.63) is 47.2 Å². The Morgan fingerprint density at radius 2 is 2.07 bits per heavy atom. The number of rotatable bonds is 9. The molecule has 1 aliphatic rings. The van der Waals surface area contributed by atoms with Crippen molar-refractivity contribution in [2.75, 3.05) is 23.0 Å². The van der Waals surface area contributed by atoms with Crippen LogP contribution >= 0.6 is 22.6 Å². The third-order valence-electron chi connectivity index (χ3n) is 5.29. The molecular formula is C23H28IN3O3. The second-order valence-corrected chi connectivity index (χ2v) is 8.06. The van der Waals surface area contributed by atoms with Gasteiger partial charge in [-0.15, -0.1) is 0 Å². The molecule has 1 saturated heterocycles. The Bertz CT molecular complexity index is 882. The van der Waals surface area contributed by atoms with Crippen LogP contribution in [0, 0.1) is 0 Å². The Kier molecular flexibility index (Phi) is 8.48. The average Bonchev–Trinajstić information content (AvgIpc) is 2.79. The number of anilines is 2. The molecule has 2 heterocycles. The molecule has 0 spiro atoms. The summed E-state index contributed by atoms with van der Waals surface area (Å²) in [6.07, 6.45) is 8.73. The molecule has 7 heteroatoms. The summed E-state index contributed by atoms with van der Waals surface area (Å²) in [5.74, 6) is 1.10. The fraction of sp³-hybridized carbons (Fsp3) is 0.435. The van der Waals surface area contributed by atoms with Crippen molar-refractivity contribution in [3.8, 4) is 5.75 Å². The number of nitrogens with zero attached hydrogens (tertiary/aromatic N) is 2. The Morgan fingerprint density at radius 3 is 2.77 bits per heavy atom. The van der Waals surface area contributed by atoms with Gasteiger partial charge in [0.25, 0.3) is 5.91 Å². The van der Waals surface area contributed by atoms with Crippen LogP contribution < -0.4 is 10.1 Å². The number of pyridine rings is 1. The van der Waals surface area contributed by atoms with E-state index in [1.807, 2.05) is 23.1 Å². The summed E-state index contributed by atoms with van der Waals surface area (Å²) in [4.78, 5) is 30.5. The highest BCUT2D eigenvalue weighted by molar-refractivity contribution is 14.1. The number of alkyl halides is 1. The van der Waals surface area contributed by atoms with E-state index in [0.717, 1.165) is 62.7 Å². The van der Waals surface area contributed by atoms with Gasteiger partial charge in [-0.25, -0.2) is 4.98 Å². The van der Waals surface area contributed by atoms with Crippen LogP contribution in [0.15, 0.2) is 30.5 Å². The van der Waals surface area contributed by atoms with E-state index in [4.69, 9.17) is 4.74 Å². The van der Waals surface area contributed by atoms with Gasteiger partial charge in [-0.05, 0) is 84.5 Å². The van der Waals surface area contributed by atoms with Crippen molar-refractivity contribution in [1.82, 2.24) is 9.88 Å². The molecule has 6 nitrogen and oxygen atoms in total. The number of amides is 1. The third kappa shape index (κ3) is 5.71. The summed E-state index contributed by atoms with van der Waals surface area (Å²) in [5.41, 5.74) is 3.12. The molecule has 0 saturated carbocycles. The normalized spacial score (nSPS) is 13.7. The lowest BCUT2D eigenvalue weighted by Crippen LogP contribution is -2.35. The van der Waals surface area contributed by atoms with Crippen LogP contribution in [0.5, 0.6) is 5.75 Å². The lowest BCUT2D eigenvalue weighted by molar-refractivity contribution is 0.0723. The number of carbonyl (C=O) groups excluding carboxylic acids is 2. The van der Waals surface area contributed by atoms with Crippen LogP contribution in [0.2, 0.25) is 0 Å². The van der Waals surface area contributed by atoms with Crippen LogP contribution in [0.1, 0.15) is 65.3 Å². The number of hydrogen-bond acceptors (Lipinski definition) is 5. The highest BCUT2D eigenvalue weighted by atomic mass is 127. The minimum Gasteiger partial charge on any atom is -0.479 e. The molecule has 1 aliphatic heterocycles. The van der Waals surface area contributed by atoms with Crippen molar-refractivity contribution in [2.45, 2.75) is 45.4 Å². The molecule has 0 unspecified atom stereocenters. The van der Waals surface area contributed by atoms with Crippen LogP contribution in [-0.4, -0.2) is 39.8 Å². The summed E-state index contributed by atoms with van der Waals surface area (Å²) < 4.78 is 6.21. The summed E-state index contributed by atoms with van der Waals surface area (Å²) >= 11 is 2.13. The summed E-state index contributed by atoms with van der Waals surface area (Å²) in [6, 6.07) is 7.44. The zero-order chi connectivity index (χ0) is 21.3. The molecule has 160 valence electrons. The molecule has 0 bridgehead atoms. The van der Waals surface area contributed by atoms with Gasteiger partial charge >= 0.3 is 0 Å². The zero-order valence-electron chi connectivity index (χ0n) is 17.3. The van der Waals surface area contributed by atoms with E-state index in [-0.39, 0.29) is 5.91 Å². The Hall–Kier alpha value is -2.16. The first-order valence-corrected chi connectivity index (χ1v) is 12.0. The van der Waals surface area contributed by atoms with Crippen molar-refractivity contribution in [1.29, 1.82) is 0 Å². The molecule has 1 aromatic carbocycles. The minimum absolute atomic E-state index is 0.00393. The number of aldehydes is 1. The van der Waals surface area contributed by atoms with E-state index < -0.39 is 0 Å². The van der Waals surface area contributed by atoms with Gasteiger partial charge in [0, 0.05) is 30.5 Å². The van der Waals surface area contributed by atoms with Crippen LogP contribution in [0.3, 0.4) is 0 Å². The molecule has 30 heavy (non-hydrogen) atoms. The van der Waals surface area contributed by atoms with Crippen molar-refractivity contribution < 1.29 is 14.3 Å². The van der Waals surface area contributed by atoms with E-state index in [1.54, 1.807) is 12.3 Å². The van der Waals surface area contributed by atoms with Crippen LogP contribution in [-0.2, 0) is 6.42 Å². The molecule has 0 atom stereocenters. The molecule has 2 aromatic rings. The zero-order valence-corrected chi connectivity index (χ0v) is 19.5. The number of halogens is 1. The molecular weight excluding hydrogens is 493 g/mol. The topological polar surface area (TPSA) is 71.5 Å². The Morgan fingerprint density at radius 1 is 1.27 bits per heavy atom. The maximum Gasteiger partial charge on any atom is 0.255 e. The maximum absolute atomic E-state index is 12.8. The van der Waals surface area contributed by atoms with E-state index in [2.05, 4.69) is 39.8 Å². The number of ether oxygens (including phenoxy) is 1. The Labute approximate surface area is 191 Å². The highest BCUT2D eigenvalue weighted by Gasteiger charge is 2.20. The minimum atomic E-state index is 0.00393. The highest BCUT2D eigenvalue weighted by Crippen LogP contribution is 2.29. The third-order valence-corrected chi connectivity index (χ3v) is 5.60. The molecule has 1 fully saturated rings. The molecule has 1 N–H and O–H groups in total. The monoisotopic (exact) mass is 521 g/mol. The number of aromatic nitrogens is 1. The lowest BCUT2D eigenvalue weighted by Gasteiger charge is -2.26. The number of piperidine rings is 1. The van der Waals surface area contributed by atoms with E-state index in [1.165, 1.54) is 6.42 Å². The molecule has 0 radical (unpaired) electrons. The van der Waals surface area contributed by atoms with E-state index in [0.29, 0.717) is 27.3 Å². The predicted octanol–water partition coefficient (Wildman–Crippen LogP) is 5.38. The SMILES string of the molecule is CCCCc1cc(Nc2ncc(C(=O)N3CCCCC3)cc2OCI)ccc1C=O. The Balaban J connectivity index is 1.83. The quantitative estimate of drug-likeness (QED) is 0.273. The number of hydrogen-bond donors (Lipinski definition) is 1. The van der Waals surface area contributed by atoms with Crippen molar-refractivity contribution >= 4 is 46.3 Å². The second kappa shape index (κ2) is 11.3. The van der Waals surface area contributed by atoms with E-state index >= 15 is 0 Å². The van der Waals surface area contributed by atoms with Crippen molar-refractivity contribution in [2.24, 2.45) is 0 Å². The molecule has 0 aliphatic carbocycles. The fourth-order valence-corrected chi connectivity index (χ4v) is 3.96. The van der Waals surface area contributed by atoms with Gasteiger partial charge in [-0.2, -0.15) is 0 Å². The van der Waals surface area contributed by atoms with Gasteiger partial charge in [-0.3, -0.25) is 9.59 Å². The van der Waals surface area contributed by atoms with E-state index in [9.17, 15) is 9.59 Å². The van der Waals surface area contributed by atoms with Gasteiger partial charge in [0.1, 0.15) is 10.9 Å². The van der Waals surface area contributed by atoms with Gasteiger partial charge in [0.2, 0.25) is 0 Å². The number of likely N-dealkylation sites (tertiary alicyclic amines) is 1. The largest absolute Gasteiger partial charge is 0.479 e. The fourth-order valence-electron chi connectivity index (χ4n) is 3.62. The van der Waals surface area contributed by atoms with Gasteiger partial charge in [0.05, 0.1) is 5.56 Å². The number of carbonyl (C=O) groups is 2. The summed E-state index contributed by atoms with van der Waals surface area (Å²) in [6.45, 7) is 3.73. The summed E-state index contributed by atoms with van der Waals surface area (Å²) in [5, 5.41) is 3.29. The molecule has 3 rings (SSSR count). The maximum atomic E-state index is 12.8. The van der Waals surface area contributed by atoms with Crippen LogP contribution in [0.25, 0.3) is 0 Å². The number of benzene rings is 1. The van der Waals surface area contributed by atoms with Gasteiger partial charge < -0.3 is 15.0 Å². The second-order valence-electron chi connectivity index (χ2n) is 7.44. The number of aryl methyl sites for hydroxylation is 1. The predicted molar refractivity (Wildman–Crippen MR) is 127 cm³/mol. The summed E-state index contributed by atoms with van der Waals surface area (Å²) in [7, 11) is 0. The van der Waals surface area contributed by atoms with Crippen molar-refractivity contribution in [3.63, 3.8) is 0 Å². The number of nitrogens with one attached hydrogen (secondary N) is 1. The number of unbranched alkanes of at least 4 members (excludes halogenated alkanes) is 1. The molecule has 1 aromatic heterocycles. The standard InChI is InChI=1S/C23H28IN3O3/c1-2-3-7-17-12-20(9-8-18(17)15-28)26-22-21(30-16-24)13-19(14-25-22)23(29)27-10-5-4-6-11-27/h8-9,12-15H,2-7,10-11,16H2,1H3,(H,25,26). The van der Waals surface area contributed by atoms with Crippen LogP contribution in [0.4, 0.5) is 11.5 Å². The molecule has 1 amide bonds. The first-order chi connectivity index (χ1) is 14.7. The van der Waals surface area contributed by atoms with Gasteiger partial charge in [-0.1, -0.05) is 13.3 Å². The smallest absolute Gasteiger partial charge is 0.255 e. The van der Waals surface area contributed by atoms with Gasteiger partial charge in [0.15, 0.2) is 11.6 Å².